The lowest BCUT2D eigenvalue weighted by atomic mass is 9.83. The van der Waals surface area contributed by atoms with E-state index in [1.165, 1.54) is 43.5 Å². The standard InChI is InChI=1S/C19H30N2/c1-14(2)16-6-8-17(9-7-16)18-10-19(20)13-21(12-18)11-15-4-3-5-15/h6-9,14-15,18-19H,3-5,10-13,20H2,1-2H3. The summed E-state index contributed by atoms with van der Waals surface area (Å²) in [6.45, 7) is 8.08. The fourth-order valence-corrected chi connectivity index (χ4v) is 3.82. The lowest BCUT2D eigenvalue weighted by Crippen LogP contribution is -2.48. The lowest BCUT2D eigenvalue weighted by molar-refractivity contribution is 0.133. The summed E-state index contributed by atoms with van der Waals surface area (Å²) >= 11 is 0. The molecule has 0 amide bonds. The van der Waals surface area contributed by atoms with Gasteiger partial charge in [-0.3, -0.25) is 0 Å². The monoisotopic (exact) mass is 286 g/mol. The van der Waals surface area contributed by atoms with E-state index in [0.29, 0.717) is 17.9 Å². The van der Waals surface area contributed by atoms with Gasteiger partial charge in [0.05, 0.1) is 0 Å². The first-order valence-electron chi connectivity index (χ1n) is 8.69. The number of hydrogen-bond acceptors (Lipinski definition) is 2. The summed E-state index contributed by atoms with van der Waals surface area (Å²) in [6.07, 6.45) is 5.44. The number of nitrogens with two attached hydrogens (primary N) is 1. The van der Waals surface area contributed by atoms with Gasteiger partial charge in [-0.25, -0.2) is 0 Å². The third kappa shape index (κ3) is 3.67. The first-order chi connectivity index (χ1) is 10.1. The van der Waals surface area contributed by atoms with Gasteiger partial charge in [0.2, 0.25) is 0 Å². The average Bonchev–Trinajstić information content (AvgIpc) is 2.42. The second-order valence-electron chi connectivity index (χ2n) is 7.53. The molecule has 1 aromatic rings. The van der Waals surface area contributed by atoms with E-state index in [1.54, 1.807) is 0 Å². The highest BCUT2D eigenvalue weighted by Gasteiger charge is 2.29. The Bertz CT molecular complexity index is 447. The predicted molar refractivity (Wildman–Crippen MR) is 89.6 cm³/mol. The highest BCUT2D eigenvalue weighted by Crippen LogP contribution is 2.31. The predicted octanol–water partition coefficient (Wildman–Crippen LogP) is 3.73. The molecular weight excluding hydrogens is 256 g/mol. The zero-order chi connectivity index (χ0) is 14.8. The van der Waals surface area contributed by atoms with Crippen LogP contribution >= 0.6 is 0 Å². The summed E-state index contributed by atoms with van der Waals surface area (Å²) in [5, 5.41) is 0. The molecule has 0 spiro atoms. The Balaban J connectivity index is 1.65. The molecular formula is C19H30N2. The molecule has 2 unspecified atom stereocenters. The van der Waals surface area contributed by atoms with Gasteiger partial charge in [0.25, 0.3) is 0 Å². The van der Waals surface area contributed by atoms with Gasteiger partial charge in [-0.05, 0) is 48.1 Å². The molecule has 1 heterocycles. The molecule has 0 radical (unpaired) electrons. The van der Waals surface area contributed by atoms with Gasteiger partial charge in [-0.2, -0.15) is 0 Å². The Morgan fingerprint density at radius 3 is 2.43 bits per heavy atom. The topological polar surface area (TPSA) is 29.3 Å². The average molecular weight is 286 g/mol. The van der Waals surface area contributed by atoms with E-state index in [9.17, 15) is 0 Å². The Labute approximate surface area is 129 Å². The summed E-state index contributed by atoms with van der Waals surface area (Å²) in [6, 6.07) is 9.61. The van der Waals surface area contributed by atoms with Gasteiger partial charge in [0.15, 0.2) is 0 Å². The highest BCUT2D eigenvalue weighted by atomic mass is 15.2. The number of piperidine rings is 1. The fraction of sp³-hybridized carbons (Fsp3) is 0.684. The second kappa shape index (κ2) is 6.50. The maximum absolute atomic E-state index is 6.32. The summed E-state index contributed by atoms with van der Waals surface area (Å²) in [5.41, 5.74) is 9.24. The molecule has 2 fully saturated rings. The van der Waals surface area contributed by atoms with Crippen LogP contribution in [-0.4, -0.2) is 30.6 Å². The van der Waals surface area contributed by atoms with Crippen molar-refractivity contribution in [2.24, 2.45) is 11.7 Å². The number of hydrogen-bond donors (Lipinski definition) is 1. The third-order valence-electron chi connectivity index (χ3n) is 5.37. The van der Waals surface area contributed by atoms with Crippen molar-refractivity contribution >= 4 is 0 Å². The van der Waals surface area contributed by atoms with E-state index in [-0.39, 0.29) is 0 Å². The fourth-order valence-electron chi connectivity index (χ4n) is 3.82. The van der Waals surface area contributed by atoms with Crippen molar-refractivity contribution in [2.75, 3.05) is 19.6 Å². The van der Waals surface area contributed by atoms with Gasteiger partial charge in [-0.1, -0.05) is 44.5 Å². The van der Waals surface area contributed by atoms with E-state index >= 15 is 0 Å². The van der Waals surface area contributed by atoms with Crippen molar-refractivity contribution in [3.63, 3.8) is 0 Å². The minimum absolute atomic E-state index is 0.341. The molecule has 2 N–H and O–H groups in total. The maximum Gasteiger partial charge on any atom is 0.0174 e. The molecule has 1 aliphatic heterocycles. The van der Waals surface area contributed by atoms with Crippen LogP contribution in [0.25, 0.3) is 0 Å². The first kappa shape index (κ1) is 15.1. The van der Waals surface area contributed by atoms with E-state index in [0.717, 1.165) is 18.9 Å². The molecule has 2 aliphatic rings. The van der Waals surface area contributed by atoms with Gasteiger partial charge >= 0.3 is 0 Å². The number of likely N-dealkylation sites (tertiary alicyclic amines) is 1. The summed E-state index contributed by atoms with van der Waals surface area (Å²) < 4.78 is 0. The van der Waals surface area contributed by atoms with Crippen LogP contribution in [0.2, 0.25) is 0 Å². The molecule has 0 aromatic heterocycles. The molecule has 3 rings (SSSR count). The van der Waals surface area contributed by atoms with Gasteiger partial charge < -0.3 is 10.6 Å². The zero-order valence-corrected chi connectivity index (χ0v) is 13.6. The molecule has 1 saturated carbocycles. The summed E-state index contributed by atoms with van der Waals surface area (Å²) in [7, 11) is 0. The van der Waals surface area contributed by atoms with E-state index < -0.39 is 0 Å². The molecule has 0 bridgehead atoms. The van der Waals surface area contributed by atoms with Crippen molar-refractivity contribution in [3.8, 4) is 0 Å². The van der Waals surface area contributed by atoms with Crippen LogP contribution in [0.1, 0.15) is 62.5 Å². The molecule has 2 nitrogen and oxygen atoms in total. The Morgan fingerprint density at radius 2 is 1.86 bits per heavy atom. The molecule has 1 saturated heterocycles. The Hall–Kier alpha value is -0.860. The number of nitrogens with zero attached hydrogens (tertiary/aromatic N) is 1. The van der Waals surface area contributed by atoms with Crippen molar-refractivity contribution in [3.05, 3.63) is 35.4 Å². The lowest BCUT2D eigenvalue weighted by Gasteiger charge is -2.40. The Morgan fingerprint density at radius 1 is 1.14 bits per heavy atom. The maximum atomic E-state index is 6.32. The smallest absolute Gasteiger partial charge is 0.0174 e. The van der Waals surface area contributed by atoms with Crippen molar-refractivity contribution in [2.45, 2.75) is 57.4 Å². The highest BCUT2D eigenvalue weighted by molar-refractivity contribution is 5.28. The molecule has 2 heteroatoms. The van der Waals surface area contributed by atoms with Crippen molar-refractivity contribution < 1.29 is 0 Å². The molecule has 2 atom stereocenters. The van der Waals surface area contributed by atoms with Crippen LogP contribution in [0.15, 0.2) is 24.3 Å². The van der Waals surface area contributed by atoms with Crippen molar-refractivity contribution in [1.82, 2.24) is 4.90 Å². The summed E-state index contributed by atoms with van der Waals surface area (Å²) in [4.78, 5) is 2.62. The van der Waals surface area contributed by atoms with Crippen LogP contribution < -0.4 is 5.73 Å². The second-order valence-corrected chi connectivity index (χ2v) is 7.53. The summed E-state index contributed by atoms with van der Waals surface area (Å²) in [5.74, 6) is 2.18. The first-order valence-corrected chi connectivity index (χ1v) is 8.69. The minimum Gasteiger partial charge on any atom is -0.327 e. The third-order valence-corrected chi connectivity index (χ3v) is 5.37. The van der Waals surface area contributed by atoms with Crippen molar-refractivity contribution in [1.29, 1.82) is 0 Å². The van der Waals surface area contributed by atoms with E-state index in [1.807, 2.05) is 0 Å². The zero-order valence-electron chi connectivity index (χ0n) is 13.6. The van der Waals surface area contributed by atoms with Crippen LogP contribution in [0.5, 0.6) is 0 Å². The van der Waals surface area contributed by atoms with Crippen LogP contribution in [0.3, 0.4) is 0 Å². The van der Waals surface area contributed by atoms with Gasteiger partial charge in [0.1, 0.15) is 0 Å². The number of benzene rings is 1. The van der Waals surface area contributed by atoms with Crippen LogP contribution in [-0.2, 0) is 0 Å². The Kier molecular flexibility index (Phi) is 4.66. The largest absolute Gasteiger partial charge is 0.327 e. The van der Waals surface area contributed by atoms with Crippen LogP contribution in [0, 0.1) is 5.92 Å². The molecule has 1 aliphatic carbocycles. The normalized spacial score (nSPS) is 27.8. The van der Waals surface area contributed by atoms with Gasteiger partial charge in [-0.15, -0.1) is 0 Å². The molecule has 116 valence electrons. The number of rotatable bonds is 4. The SMILES string of the molecule is CC(C)c1ccc(C2CC(N)CN(CC3CCC3)C2)cc1. The quantitative estimate of drug-likeness (QED) is 0.914. The minimum atomic E-state index is 0.341. The molecule has 21 heavy (non-hydrogen) atoms. The van der Waals surface area contributed by atoms with E-state index in [4.69, 9.17) is 5.73 Å². The van der Waals surface area contributed by atoms with E-state index in [2.05, 4.69) is 43.0 Å². The van der Waals surface area contributed by atoms with Crippen LogP contribution in [0.4, 0.5) is 0 Å². The molecule has 1 aromatic carbocycles. The van der Waals surface area contributed by atoms with Gasteiger partial charge in [0, 0.05) is 25.7 Å².